The molecular weight excluding hydrogens is 205 g/mol. The Morgan fingerprint density at radius 2 is 2.00 bits per heavy atom. The topological polar surface area (TPSA) is 9.23 Å². The van der Waals surface area contributed by atoms with Crippen LogP contribution in [-0.2, 0) is 0 Å². The van der Waals surface area contributed by atoms with Crippen LogP contribution < -0.4 is 4.74 Å². The molecule has 13 heavy (non-hydrogen) atoms. The van der Waals surface area contributed by atoms with Gasteiger partial charge in [0.2, 0.25) is 0 Å². The molecule has 0 spiro atoms. The minimum absolute atomic E-state index is 0.235. The summed E-state index contributed by atoms with van der Waals surface area (Å²) in [4.78, 5) is 0. The van der Waals surface area contributed by atoms with E-state index in [2.05, 4.69) is 4.74 Å². The van der Waals surface area contributed by atoms with Gasteiger partial charge in [0.1, 0.15) is 0 Å². The van der Waals surface area contributed by atoms with Crippen molar-refractivity contribution < 1.29 is 17.9 Å². The Labute approximate surface area is 78.1 Å². The van der Waals surface area contributed by atoms with Crippen LogP contribution >= 0.6 is 11.6 Å². The normalized spacial score (nSPS) is 10.6. The first-order valence-electron chi connectivity index (χ1n) is 3.41. The van der Waals surface area contributed by atoms with Gasteiger partial charge in [0.25, 0.3) is 0 Å². The third kappa shape index (κ3) is 2.28. The van der Waals surface area contributed by atoms with Gasteiger partial charge in [-0.05, 0) is 18.6 Å². The van der Waals surface area contributed by atoms with E-state index >= 15 is 0 Å². The van der Waals surface area contributed by atoms with Gasteiger partial charge in [-0.3, -0.25) is 0 Å². The molecule has 0 atom stereocenters. The zero-order chi connectivity index (χ0) is 10.0. The second kappa shape index (κ2) is 3.87. The van der Waals surface area contributed by atoms with Crippen molar-refractivity contribution in [2.24, 2.45) is 0 Å². The van der Waals surface area contributed by atoms with Crippen molar-refractivity contribution in [3.8, 4) is 5.75 Å². The summed E-state index contributed by atoms with van der Waals surface area (Å²) in [5.74, 6) is -1.45. The molecule has 0 saturated heterocycles. The molecule has 0 aliphatic carbocycles. The summed E-state index contributed by atoms with van der Waals surface area (Å²) in [6.07, 6.45) is 0. The Balaban J connectivity index is 3.10. The molecule has 0 saturated carbocycles. The van der Waals surface area contributed by atoms with Crippen molar-refractivity contribution in [2.75, 3.05) is 0 Å². The number of benzene rings is 1. The Kier molecular flexibility index (Phi) is 3.03. The quantitative estimate of drug-likeness (QED) is 0.727. The summed E-state index contributed by atoms with van der Waals surface area (Å²) in [6, 6.07) is 2.69. The predicted octanol–water partition coefficient (Wildman–Crippen LogP) is 3.39. The molecule has 72 valence electrons. The van der Waals surface area contributed by atoms with Crippen molar-refractivity contribution in [3.63, 3.8) is 0 Å². The fraction of sp³-hybridized carbons (Fsp3) is 0.250. The molecule has 5 heteroatoms. The minimum Gasteiger partial charge on any atom is -0.431 e. The first kappa shape index (κ1) is 10.2. The molecule has 0 N–H and O–H groups in total. The van der Waals surface area contributed by atoms with E-state index in [-0.39, 0.29) is 10.6 Å². The second-order valence-corrected chi connectivity index (χ2v) is 2.79. The second-order valence-electron chi connectivity index (χ2n) is 2.39. The number of ether oxygens (including phenoxy) is 1. The lowest BCUT2D eigenvalue weighted by atomic mass is 10.2. The average Bonchev–Trinajstić information content (AvgIpc) is 2.05. The van der Waals surface area contributed by atoms with Crippen LogP contribution in [0.1, 0.15) is 5.56 Å². The van der Waals surface area contributed by atoms with Gasteiger partial charge in [-0.25, -0.2) is 4.39 Å². The van der Waals surface area contributed by atoms with Gasteiger partial charge in [-0.2, -0.15) is 8.78 Å². The van der Waals surface area contributed by atoms with Gasteiger partial charge < -0.3 is 4.74 Å². The third-order valence-electron chi connectivity index (χ3n) is 1.45. The number of hydrogen-bond acceptors (Lipinski definition) is 1. The number of halogens is 4. The maximum Gasteiger partial charge on any atom is 0.387 e. The van der Waals surface area contributed by atoms with E-state index in [4.69, 9.17) is 11.6 Å². The lowest BCUT2D eigenvalue weighted by molar-refractivity contribution is -0.0526. The standard InChI is InChI=1S/C8H6ClF3O/c1-4-2-3-5(9)6(10)7(4)13-8(11)12/h2-3,8H,1H3. The van der Waals surface area contributed by atoms with Gasteiger partial charge in [0.15, 0.2) is 11.6 Å². The number of aryl methyl sites for hydroxylation is 1. The van der Waals surface area contributed by atoms with E-state index in [1.165, 1.54) is 19.1 Å². The summed E-state index contributed by atoms with van der Waals surface area (Å²) in [7, 11) is 0. The number of alkyl halides is 2. The maximum atomic E-state index is 13.0. The maximum absolute atomic E-state index is 13.0. The Hall–Kier alpha value is -0.900. The van der Waals surface area contributed by atoms with Crippen LogP contribution in [-0.4, -0.2) is 6.61 Å². The van der Waals surface area contributed by atoms with Crippen LogP contribution in [0.15, 0.2) is 12.1 Å². The molecule has 0 fully saturated rings. The van der Waals surface area contributed by atoms with Crippen molar-refractivity contribution in [3.05, 3.63) is 28.5 Å². The van der Waals surface area contributed by atoms with E-state index in [1.54, 1.807) is 0 Å². The number of rotatable bonds is 2. The smallest absolute Gasteiger partial charge is 0.387 e. The molecule has 1 aromatic carbocycles. The number of hydrogen-bond donors (Lipinski definition) is 0. The Bertz CT molecular complexity index is 315. The zero-order valence-corrected chi connectivity index (χ0v) is 7.41. The summed E-state index contributed by atoms with van der Waals surface area (Å²) < 4.78 is 40.6. The van der Waals surface area contributed by atoms with Crippen LogP contribution in [0.5, 0.6) is 5.75 Å². The van der Waals surface area contributed by atoms with Crippen LogP contribution in [0.4, 0.5) is 13.2 Å². The third-order valence-corrected chi connectivity index (χ3v) is 1.75. The molecular formula is C8H6ClF3O. The molecule has 0 aliphatic heterocycles. The highest BCUT2D eigenvalue weighted by Gasteiger charge is 2.14. The highest BCUT2D eigenvalue weighted by atomic mass is 35.5. The zero-order valence-electron chi connectivity index (χ0n) is 6.65. The van der Waals surface area contributed by atoms with Crippen LogP contribution in [0.2, 0.25) is 5.02 Å². The van der Waals surface area contributed by atoms with E-state index in [0.717, 1.165) is 0 Å². The molecule has 0 unspecified atom stereocenters. The highest BCUT2D eigenvalue weighted by molar-refractivity contribution is 6.30. The fourth-order valence-corrected chi connectivity index (χ4v) is 1.01. The average molecular weight is 211 g/mol. The van der Waals surface area contributed by atoms with Crippen LogP contribution in [0.25, 0.3) is 0 Å². The van der Waals surface area contributed by atoms with Crippen molar-refractivity contribution in [2.45, 2.75) is 13.5 Å². The van der Waals surface area contributed by atoms with E-state index in [9.17, 15) is 13.2 Å². The minimum atomic E-state index is -3.05. The van der Waals surface area contributed by atoms with Gasteiger partial charge in [0, 0.05) is 0 Å². The lowest BCUT2D eigenvalue weighted by Crippen LogP contribution is -2.05. The van der Waals surface area contributed by atoms with Crippen molar-refractivity contribution in [1.29, 1.82) is 0 Å². The van der Waals surface area contributed by atoms with Gasteiger partial charge in [-0.1, -0.05) is 17.7 Å². The summed E-state index contributed by atoms with van der Waals surface area (Å²) >= 11 is 5.37. The molecule has 0 aliphatic rings. The largest absolute Gasteiger partial charge is 0.431 e. The molecule has 0 heterocycles. The van der Waals surface area contributed by atoms with Crippen molar-refractivity contribution >= 4 is 11.6 Å². The van der Waals surface area contributed by atoms with Gasteiger partial charge in [0.05, 0.1) is 5.02 Å². The fourth-order valence-electron chi connectivity index (χ4n) is 0.862. The van der Waals surface area contributed by atoms with E-state index in [1.807, 2.05) is 0 Å². The molecule has 0 bridgehead atoms. The Morgan fingerprint density at radius 1 is 1.38 bits per heavy atom. The SMILES string of the molecule is Cc1ccc(Cl)c(F)c1OC(F)F. The lowest BCUT2D eigenvalue weighted by Gasteiger charge is -2.09. The molecule has 1 rings (SSSR count). The van der Waals surface area contributed by atoms with Crippen LogP contribution in [0.3, 0.4) is 0 Å². The predicted molar refractivity (Wildman–Crippen MR) is 42.8 cm³/mol. The Morgan fingerprint density at radius 3 is 2.54 bits per heavy atom. The summed E-state index contributed by atoms with van der Waals surface area (Å²) in [5.41, 5.74) is 0.280. The first-order valence-corrected chi connectivity index (χ1v) is 3.79. The molecule has 0 amide bonds. The van der Waals surface area contributed by atoms with Crippen LogP contribution in [0, 0.1) is 12.7 Å². The summed E-state index contributed by atoms with van der Waals surface area (Å²) in [6.45, 7) is -1.59. The first-order chi connectivity index (χ1) is 6.02. The molecule has 1 nitrogen and oxygen atoms in total. The molecule has 0 aromatic heterocycles. The van der Waals surface area contributed by atoms with Gasteiger partial charge in [-0.15, -0.1) is 0 Å². The summed E-state index contributed by atoms with van der Waals surface area (Å²) in [5, 5.41) is -0.235. The molecule has 1 aromatic rings. The van der Waals surface area contributed by atoms with E-state index < -0.39 is 18.2 Å². The van der Waals surface area contributed by atoms with E-state index in [0.29, 0.717) is 0 Å². The molecule has 0 radical (unpaired) electrons. The van der Waals surface area contributed by atoms with Crippen molar-refractivity contribution in [1.82, 2.24) is 0 Å². The van der Waals surface area contributed by atoms with Gasteiger partial charge >= 0.3 is 6.61 Å². The highest BCUT2D eigenvalue weighted by Crippen LogP contribution is 2.29. The monoisotopic (exact) mass is 210 g/mol.